The molecule has 0 aliphatic carbocycles. The van der Waals surface area contributed by atoms with Gasteiger partial charge in [0.25, 0.3) is 0 Å². The van der Waals surface area contributed by atoms with Gasteiger partial charge in [0.2, 0.25) is 0 Å². The lowest BCUT2D eigenvalue weighted by Crippen LogP contribution is -2.33. The average Bonchev–Trinajstić information content (AvgIpc) is 2.95. The Bertz CT molecular complexity index is 792. The third-order valence-electron chi connectivity index (χ3n) is 3.16. The SMILES string of the molecule is N[C@@H](CO)Nc1cc(NCc2cccnc2)n2ncc(Br)c2n1. The number of nitrogens with zero attached hydrogens (tertiary/aromatic N) is 4. The summed E-state index contributed by atoms with van der Waals surface area (Å²) in [6, 6.07) is 5.66. The number of aliphatic hydroxyl groups is 1. The van der Waals surface area contributed by atoms with E-state index in [0.717, 1.165) is 15.9 Å². The first-order valence-corrected chi connectivity index (χ1v) is 7.76. The first-order valence-electron chi connectivity index (χ1n) is 6.97. The minimum absolute atomic E-state index is 0.189. The van der Waals surface area contributed by atoms with Gasteiger partial charge < -0.3 is 21.5 Å². The van der Waals surface area contributed by atoms with Crippen LogP contribution in [0, 0.1) is 0 Å². The molecule has 9 heteroatoms. The molecule has 0 spiro atoms. The highest BCUT2D eigenvalue weighted by atomic mass is 79.9. The van der Waals surface area contributed by atoms with Crippen LogP contribution in [-0.4, -0.2) is 37.5 Å². The zero-order valence-corrected chi connectivity index (χ0v) is 13.7. The van der Waals surface area contributed by atoms with Crippen LogP contribution in [0.3, 0.4) is 0 Å². The van der Waals surface area contributed by atoms with Crippen molar-refractivity contribution < 1.29 is 5.11 Å². The molecule has 8 nitrogen and oxygen atoms in total. The second kappa shape index (κ2) is 6.90. The second-order valence-corrected chi connectivity index (χ2v) is 5.76. The number of halogens is 1. The fourth-order valence-corrected chi connectivity index (χ4v) is 2.42. The Hall–Kier alpha value is -2.23. The van der Waals surface area contributed by atoms with Crippen molar-refractivity contribution in [3.63, 3.8) is 0 Å². The van der Waals surface area contributed by atoms with E-state index in [-0.39, 0.29) is 6.61 Å². The maximum absolute atomic E-state index is 9.08. The number of aliphatic hydroxyl groups excluding tert-OH is 1. The van der Waals surface area contributed by atoms with Crippen LogP contribution in [0.1, 0.15) is 5.56 Å². The van der Waals surface area contributed by atoms with Gasteiger partial charge in [-0.1, -0.05) is 6.07 Å². The number of hydrogen-bond acceptors (Lipinski definition) is 7. The van der Waals surface area contributed by atoms with Crippen LogP contribution < -0.4 is 16.4 Å². The van der Waals surface area contributed by atoms with Gasteiger partial charge in [-0.15, -0.1) is 0 Å². The van der Waals surface area contributed by atoms with Crippen LogP contribution >= 0.6 is 15.9 Å². The number of pyridine rings is 1. The van der Waals surface area contributed by atoms with E-state index in [9.17, 15) is 0 Å². The van der Waals surface area contributed by atoms with E-state index in [0.29, 0.717) is 18.0 Å². The molecule has 5 N–H and O–H groups in total. The molecule has 1 atom stereocenters. The molecule has 0 aromatic carbocycles. The van der Waals surface area contributed by atoms with Gasteiger partial charge in [0.05, 0.1) is 23.4 Å². The topological polar surface area (TPSA) is 113 Å². The summed E-state index contributed by atoms with van der Waals surface area (Å²) in [6.45, 7) is 0.404. The number of fused-ring (bicyclic) bond motifs is 1. The lowest BCUT2D eigenvalue weighted by atomic mass is 10.3. The average molecular weight is 378 g/mol. The molecule has 3 aromatic rings. The van der Waals surface area contributed by atoms with Gasteiger partial charge in [-0.3, -0.25) is 4.98 Å². The Morgan fingerprint density at radius 3 is 3.00 bits per heavy atom. The van der Waals surface area contributed by atoms with Gasteiger partial charge in [0.15, 0.2) is 5.65 Å². The summed E-state index contributed by atoms with van der Waals surface area (Å²) in [6.07, 6.45) is 4.62. The first-order chi connectivity index (χ1) is 11.2. The van der Waals surface area contributed by atoms with Gasteiger partial charge in [0, 0.05) is 25.0 Å². The summed E-state index contributed by atoms with van der Waals surface area (Å²) in [7, 11) is 0. The van der Waals surface area contributed by atoms with E-state index in [1.54, 1.807) is 29.2 Å². The lowest BCUT2D eigenvalue weighted by molar-refractivity contribution is 0.276. The van der Waals surface area contributed by atoms with Crippen LogP contribution in [0.2, 0.25) is 0 Å². The van der Waals surface area contributed by atoms with Gasteiger partial charge in [-0.25, -0.2) is 4.98 Å². The predicted octanol–water partition coefficient (Wildman–Crippen LogP) is 1.19. The van der Waals surface area contributed by atoms with Crippen molar-refractivity contribution in [2.45, 2.75) is 12.7 Å². The molecule has 0 saturated heterocycles. The Labute approximate surface area is 140 Å². The van der Waals surface area contributed by atoms with Crippen molar-refractivity contribution in [2.75, 3.05) is 17.2 Å². The Kier molecular flexibility index (Phi) is 4.70. The summed E-state index contributed by atoms with van der Waals surface area (Å²) < 4.78 is 2.46. The van der Waals surface area contributed by atoms with Crippen molar-refractivity contribution in [3.05, 3.63) is 46.8 Å². The Morgan fingerprint density at radius 2 is 2.26 bits per heavy atom. The number of rotatable bonds is 6. The van der Waals surface area contributed by atoms with Crippen molar-refractivity contribution in [2.24, 2.45) is 5.73 Å². The molecule has 0 aliphatic heterocycles. The van der Waals surface area contributed by atoms with Crippen molar-refractivity contribution in [1.82, 2.24) is 19.6 Å². The van der Waals surface area contributed by atoms with E-state index in [2.05, 4.69) is 41.6 Å². The van der Waals surface area contributed by atoms with E-state index in [1.807, 2.05) is 12.1 Å². The molecule has 0 aliphatic rings. The molecular formula is C14H16BrN7O. The minimum atomic E-state index is -0.585. The molecule has 3 heterocycles. The predicted molar refractivity (Wildman–Crippen MR) is 90.9 cm³/mol. The van der Waals surface area contributed by atoms with Gasteiger partial charge in [0.1, 0.15) is 11.6 Å². The third-order valence-corrected chi connectivity index (χ3v) is 3.71. The number of anilines is 2. The number of aromatic nitrogens is 4. The van der Waals surface area contributed by atoms with Gasteiger partial charge in [-0.05, 0) is 27.6 Å². The standard InChI is InChI=1S/C14H16BrN7O/c15-10-7-19-22-13(18-6-9-2-1-3-17-5-9)4-12(21-14(10)22)20-11(16)8-23/h1-5,7,11,18,23H,6,8,16H2,(H,20,21)/t11-/m1/s1. The quantitative estimate of drug-likeness (QED) is 0.477. The molecule has 0 amide bonds. The first kappa shape index (κ1) is 15.7. The number of nitrogens with one attached hydrogen (secondary N) is 2. The van der Waals surface area contributed by atoms with E-state index in [4.69, 9.17) is 10.8 Å². The van der Waals surface area contributed by atoms with Gasteiger partial charge >= 0.3 is 0 Å². The van der Waals surface area contributed by atoms with Crippen molar-refractivity contribution in [1.29, 1.82) is 0 Å². The van der Waals surface area contributed by atoms with Crippen molar-refractivity contribution >= 4 is 33.2 Å². The van der Waals surface area contributed by atoms with Crippen LogP contribution in [0.15, 0.2) is 41.3 Å². The molecule has 0 bridgehead atoms. The summed E-state index contributed by atoms with van der Waals surface area (Å²) in [5, 5.41) is 19.6. The number of hydrogen-bond donors (Lipinski definition) is 4. The van der Waals surface area contributed by atoms with Crippen LogP contribution in [-0.2, 0) is 6.54 Å². The highest BCUT2D eigenvalue weighted by Gasteiger charge is 2.11. The normalized spacial score (nSPS) is 12.3. The smallest absolute Gasteiger partial charge is 0.173 e. The summed E-state index contributed by atoms with van der Waals surface area (Å²) in [5.74, 6) is 1.30. The van der Waals surface area contributed by atoms with Crippen LogP contribution in [0.4, 0.5) is 11.6 Å². The highest BCUT2D eigenvalue weighted by Crippen LogP contribution is 2.22. The molecule has 0 fully saturated rings. The summed E-state index contributed by atoms with van der Waals surface area (Å²) in [4.78, 5) is 8.53. The maximum Gasteiger partial charge on any atom is 0.173 e. The lowest BCUT2D eigenvalue weighted by Gasteiger charge is -2.14. The maximum atomic E-state index is 9.08. The minimum Gasteiger partial charge on any atom is -0.393 e. The van der Waals surface area contributed by atoms with Crippen molar-refractivity contribution in [3.8, 4) is 0 Å². The van der Waals surface area contributed by atoms with E-state index < -0.39 is 6.17 Å². The third kappa shape index (κ3) is 3.58. The Morgan fingerprint density at radius 1 is 1.39 bits per heavy atom. The second-order valence-electron chi connectivity index (χ2n) is 4.90. The van der Waals surface area contributed by atoms with Crippen LogP contribution in [0.5, 0.6) is 0 Å². The molecular weight excluding hydrogens is 362 g/mol. The molecule has 120 valence electrons. The number of nitrogens with two attached hydrogens (primary N) is 1. The molecule has 3 rings (SSSR count). The monoisotopic (exact) mass is 377 g/mol. The van der Waals surface area contributed by atoms with E-state index in [1.165, 1.54) is 0 Å². The molecule has 0 radical (unpaired) electrons. The molecule has 0 saturated carbocycles. The van der Waals surface area contributed by atoms with Crippen LogP contribution in [0.25, 0.3) is 5.65 Å². The molecule has 23 heavy (non-hydrogen) atoms. The largest absolute Gasteiger partial charge is 0.393 e. The molecule has 0 unspecified atom stereocenters. The summed E-state index contributed by atoms with van der Waals surface area (Å²) in [5.41, 5.74) is 7.41. The summed E-state index contributed by atoms with van der Waals surface area (Å²) >= 11 is 3.42. The van der Waals surface area contributed by atoms with Gasteiger partial charge in [-0.2, -0.15) is 9.61 Å². The highest BCUT2D eigenvalue weighted by molar-refractivity contribution is 9.10. The van der Waals surface area contributed by atoms with E-state index >= 15 is 0 Å². The fraction of sp³-hybridized carbons (Fsp3) is 0.214. The zero-order chi connectivity index (χ0) is 16.2. The zero-order valence-electron chi connectivity index (χ0n) is 12.1. The Balaban J connectivity index is 1.90. The molecule has 3 aromatic heterocycles. The fourth-order valence-electron chi connectivity index (χ4n) is 2.07.